The maximum Gasteiger partial charge on any atom is 0.333 e. The molecule has 4 rings (SSSR count). The van der Waals surface area contributed by atoms with Crippen molar-refractivity contribution in [2.75, 3.05) is 4.90 Å². The Morgan fingerprint density at radius 2 is 2.00 bits per heavy atom. The van der Waals surface area contributed by atoms with Crippen molar-refractivity contribution < 1.29 is 9.59 Å². The monoisotopic (exact) mass is 311 g/mol. The van der Waals surface area contributed by atoms with Crippen molar-refractivity contribution in [3.63, 3.8) is 0 Å². The summed E-state index contributed by atoms with van der Waals surface area (Å²) in [6.07, 6.45) is 5.50. The van der Waals surface area contributed by atoms with E-state index in [4.69, 9.17) is 0 Å². The fourth-order valence-electron chi connectivity index (χ4n) is 2.98. The Labute approximate surface area is 133 Å². The summed E-state index contributed by atoms with van der Waals surface area (Å²) in [6, 6.07) is 4.86. The summed E-state index contributed by atoms with van der Waals surface area (Å²) in [5, 5.41) is 4.13. The quantitative estimate of drug-likeness (QED) is 0.810. The van der Waals surface area contributed by atoms with E-state index >= 15 is 0 Å². The summed E-state index contributed by atoms with van der Waals surface area (Å²) < 4.78 is 1.69. The van der Waals surface area contributed by atoms with E-state index < -0.39 is 6.04 Å². The van der Waals surface area contributed by atoms with E-state index in [1.165, 1.54) is 4.90 Å². The van der Waals surface area contributed by atoms with Crippen molar-refractivity contribution in [2.45, 2.75) is 31.8 Å². The maximum absolute atomic E-state index is 12.6. The number of imide groups is 1. The highest BCUT2D eigenvalue weighted by atomic mass is 16.2. The zero-order valence-corrected chi connectivity index (χ0v) is 13.0. The lowest BCUT2D eigenvalue weighted by Gasteiger charge is -2.18. The van der Waals surface area contributed by atoms with Crippen LogP contribution in [0.15, 0.2) is 30.6 Å². The van der Waals surface area contributed by atoms with Crippen LogP contribution >= 0.6 is 0 Å². The van der Waals surface area contributed by atoms with E-state index in [2.05, 4.69) is 10.1 Å². The number of nitrogens with zero attached hydrogens (tertiary/aromatic N) is 5. The molecule has 0 radical (unpaired) electrons. The second kappa shape index (κ2) is 4.91. The third kappa shape index (κ3) is 2.19. The van der Waals surface area contributed by atoms with E-state index in [9.17, 15) is 9.59 Å². The first-order valence-corrected chi connectivity index (χ1v) is 7.68. The average Bonchev–Trinajstić information content (AvgIpc) is 3.22. The van der Waals surface area contributed by atoms with E-state index in [1.54, 1.807) is 34.8 Å². The molecule has 0 aromatic carbocycles. The zero-order chi connectivity index (χ0) is 16.1. The van der Waals surface area contributed by atoms with Gasteiger partial charge in [-0.25, -0.2) is 14.7 Å². The van der Waals surface area contributed by atoms with Crippen molar-refractivity contribution in [1.29, 1.82) is 0 Å². The molecule has 1 unspecified atom stereocenters. The van der Waals surface area contributed by atoms with Gasteiger partial charge < -0.3 is 4.90 Å². The molecule has 1 atom stereocenters. The smallest absolute Gasteiger partial charge is 0.309 e. The molecule has 2 aromatic rings. The first-order chi connectivity index (χ1) is 11.1. The SMILES string of the molecule is CC1C(=O)N(c2cccc(-c3cnn(C)c3)n2)C(=O)N1C1CC1. The Hall–Kier alpha value is -2.70. The Morgan fingerprint density at radius 1 is 1.22 bits per heavy atom. The summed E-state index contributed by atoms with van der Waals surface area (Å²) in [7, 11) is 1.83. The van der Waals surface area contributed by atoms with Gasteiger partial charge in [0.1, 0.15) is 11.9 Å². The number of urea groups is 1. The summed E-state index contributed by atoms with van der Waals surface area (Å²) >= 11 is 0. The Kier molecular flexibility index (Phi) is 2.97. The molecule has 1 saturated carbocycles. The van der Waals surface area contributed by atoms with Crippen LogP contribution in [-0.2, 0) is 11.8 Å². The summed E-state index contributed by atoms with van der Waals surface area (Å²) in [5.74, 6) is 0.161. The molecule has 0 N–H and O–H groups in total. The molecule has 3 amide bonds. The number of hydrogen-bond donors (Lipinski definition) is 0. The number of amides is 3. The third-order valence-electron chi connectivity index (χ3n) is 4.31. The highest BCUT2D eigenvalue weighted by Gasteiger charge is 2.49. The van der Waals surface area contributed by atoms with Crippen molar-refractivity contribution in [1.82, 2.24) is 19.7 Å². The molecule has 1 aliphatic heterocycles. The molecule has 1 saturated heterocycles. The van der Waals surface area contributed by atoms with Crippen LogP contribution < -0.4 is 4.90 Å². The minimum atomic E-state index is -0.418. The highest BCUT2D eigenvalue weighted by molar-refractivity contribution is 6.20. The van der Waals surface area contributed by atoms with Gasteiger partial charge in [-0.05, 0) is 31.9 Å². The fourth-order valence-corrected chi connectivity index (χ4v) is 2.98. The zero-order valence-electron chi connectivity index (χ0n) is 13.0. The van der Waals surface area contributed by atoms with E-state index in [1.807, 2.05) is 19.3 Å². The first-order valence-electron chi connectivity index (χ1n) is 7.68. The van der Waals surface area contributed by atoms with Crippen LogP contribution in [0.4, 0.5) is 10.6 Å². The van der Waals surface area contributed by atoms with Gasteiger partial charge >= 0.3 is 6.03 Å². The number of aryl methyl sites for hydroxylation is 1. The maximum atomic E-state index is 12.6. The lowest BCUT2D eigenvalue weighted by Crippen LogP contribution is -2.35. The van der Waals surface area contributed by atoms with Gasteiger partial charge in [0.05, 0.1) is 11.9 Å². The molecule has 118 valence electrons. The number of carbonyl (C=O) groups is 2. The molecule has 0 spiro atoms. The van der Waals surface area contributed by atoms with E-state index in [-0.39, 0.29) is 18.0 Å². The number of pyridine rings is 1. The topological polar surface area (TPSA) is 71.3 Å². The molecular weight excluding hydrogens is 294 g/mol. The van der Waals surface area contributed by atoms with Crippen LogP contribution in [0.2, 0.25) is 0 Å². The minimum absolute atomic E-state index is 0.202. The molecule has 2 fully saturated rings. The Morgan fingerprint density at radius 3 is 2.65 bits per heavy atom. The molecular formula is C16H17N5O2. The van der Waals surface area contributed by atoms with Crippen LogP contribution in [0.25, 0.3) is 11.3 Å². The van der Waals surface area contributed by atoms with Gasteiger partial charge in [0.15, 0.2) is 0 Å². The average molecular weight is 311 g/mol. The van der Waals surface area contributed by atoms with Crippen molar-refractivity contribution >= 4 is 17.8 Å². The van der Waals surface area contributed by atoms with Gasteiger partial charge in [-0.15, -0.1) is 0 Å². The van der Waals surface area contributed by atoms with Crippen LogP contribution in [0.5, 0.6) is 0 Å². The van der Waals surface area contributed by atoms with Gasteiger partial charge in [-0.1, -0.05) is 6.07 Å². The largest absolute Gasteiger partial charge is 0.333 e. The lowest BCUT2D eigenvalue weighted by atomic mass is 10.2. The minimum Gasteiger partial charge on any atom is -0.309 e. The molecule has 7 heteroatoms. The number of carbonyl (C=O) groups excluding carboxylic acids is 2. The van der Waals surface area contributed by atoms with Gasteiger partial charge in [-0.2, -0.15) is 5.10 Å². The third-order valence-corrected chi connectivity index (χ3v) is 4.31. The molecule has 3 heterocycles. The Bertz CT molecular complexity index is 795. The van der Waals surface area contributed by atoms with Gasteiger partial charge in [0.25, 0.3) is 5.91 Å². The normalized spacial score (nSPS) is 21.4. The van der Waals surface area contributed by atoms with Gasteiger partial charge in [0, 0.05) is 24.8 Å². The number of hydrogen-bond acceptors (Lipinski definition) is 4. The summed E-state index contributed by atoms with van der Waals surface area (Å²) in [4.78, 5) is 32.5. The second-order valence-corrected chi connectivity index (χ2v) is 6.05. The molecule has 2 aromatic heterocycles. The van der Waals surface area contributed by atoms with E-state index in [0.717, 1.165) is 18.4 Å². The predicted molar refractivity (Wildman–Crippen MR) is 83.6 cm³/mol. The van der Waals surface area contributed by atoms with Gasteiger partial charge in [-0.3, -0.25) is 9.48 Å². The molecule has 2 aliphatic rings. The summed E-state index contributed by atoms with van der Waals surface area (Å²) in [5.41, 5.74) is 1.54. The molecule has 0 bridgehead atoms. The second-order valence-electron chi connectivity index (χ2n) is 6.05. The summed E-state index contributed by atoms with van der Waals surface area (Å²) in [6.45, 7) is 1.78. The Balaban J connectivity index is 1.70. The van der Waals surface area contributed by atoms with Crippen molar-refractivity contribution in [3.8, 4) is 11.3 Å². The van der Waals surface area contributed by atoms with Crippen LogP contribution in [0.3, 0.4) is 0 Å². The van der Waals surface area contributed by atoms with Crippen LogP contribution in [-0.4, -0.2) is 43.7 Å². The molecule has 1 aliphatic carbocycles. The van der Waals surface area contributed by atoms with Gasteiger partial charge in [0.2, 0.25) is 0 Å². The van der Waals surface area contributed by atoms with E-state index in [0.29, 0.717) is 11.5 Å². The number of anilines is 1. The standard InChI is InChI=1S/C16H17N5O2/c1-10-15(22)21(16(23)20(10)12-6-7-12)14-5-3-4-13(18-14)11-8-17-19(2)9-11/h3-5,8-10,12H,6-7H2,1-2H3. The first kappa shape index (κ1) is 13.9. The fraction of sp³-hybridized carbons (Fsp3) is 0.375. The number of rotatable bonds is 3. The predicted octanol–water partition coefficient (Wildman–Crippen LogP) is 1.80. The number of aromatic nitrogens is 3. The van der Waals surface area contributed by atoms with Crippen LogP contribution in [0.1, 0.15) is 19.8 Å². The lowest BCUT2D eigenvalue weighted by molar-refractivity contribution is -0.119. The highest BCUT2D eigenvalue weighted by Crippen LogP contribution is 2.35. The van der Waals surface area contributed by atoms with Crippen molar-refractivity contribution in [3.05, 3.63) is 30.6 Å². The van der Waals surface area contributed by atoms with Crippen molar-refractivity contribution in [2.24, 2.45) is 7.05 Å². The van der Waals surface area contributed by atoms with Crippen LogP contribution in [0, 0.1) is 0 Å². The molecule has 23 heavy (non-hydrogen) atoms. The molecule has 7 nitrogen and oxygen atoms in total.